The molecule has 0 aliphatic rings. The lowest BCUT2D eigenvalue weighted by molar-refractivity contribution is 0.0934. The minimum Gasteiger partial charge on any atom is -0.350 e. The summed E-state index contributed by atoms with van der Waals surface area (Å²) in [4.78, 5) is 12.1. The summed E-state index contributed by atoms with van der Waals surface area (Å²) in [5, 5.41) is 3.04. The van der Waals surface area contributed by atoms with Crippen LogP contribution in [0.5, 0.6) is 0 Å². The molecule has 0 spiro atoms. The minimum atomic E-state index is -0.0230. The van der Waals surface area contributed by atoms with Crippen LogP contribution in [0.2, 0.25) is 0 Å². The zero-order chi connectivity index (χ0) is 13.7. The predicted molar refractivity (Wildman–Crippen MR) is 82.8 cm³/mol. The normalized spacial score (nSPS) is 14.1. The van der Waals surface area contributed by atoms with Gasteiger partial charge in [-0.3, -0.25) is 4.79 Å². The van der Waals surface area contributed by atoms with E-state index >= 15 is 0 Å². The first-order valence-corrected chi connectivity index (χ1v) is 7.78. The molecule has 0 heterocycles. The summed E-state index contributed by atoms with van der Waals surface area (Å²) in [5.41, 5.74) is 0.675. The fourth-order valence-electron chi connectivity index (χ4n) is 1.80. The molecule has 0 saturated heterocycles. The molecular weight excluding hydrogens is 358 g/mol. The standard InChI is InChI=1S/C14H19Br2NO/c1-4-9(2)7-10(3)17-14(18)12-6-5-11(15)8-13(12)16/h5-6,8-10H,4,7H2,1-3H3,(H,17,18). The van der Waals surface area contributed by atoms with Gasteiger partial charge in [0.2, 0.25) is 0 Å². The third-order valence-corrected chi connectivity index (χ3v) is 4.16. The topological polar surface area (TPSA) is 29.1 Å². The van der Waals surface area contributed by atoms with E-state index in [-0.39, 0.29) is 11.9 Å². The molecular formula is C14H19Br2NO. The highest BCUT2D eigenvalue weighted by molar-refractivity contribution is 9.11. The van der Waals surface area contributed by atoms with Crippen molar-refractivity contribution < 1.29 is 4.79 Å². The number of hydrogen-bond acceptors (Lipinski definition) is 1. The van der Waals surface area contributed by atoms with Gasteiger partial charge in [0.1, 0.15) is 0 Å². The quantitative estimate of drug-likeness (QED) is 0.788. The van der Waals surface area contributed by atoms with E-state index in [4.69, 9.17) is 0 Å². The molecule has 2 atom stereocenters. The number of rotatable bonds is 5. The van der Waals surface area contributed by atoms with E-state index in [1.807, 2.05) is 18.2 Å². The zero-order valence-corrected chi connectivity index (χ0v) is 14.1. The van der Waals surface area contributed by atoms with E-state index in [2.05, 4.69) is 57.9 Å². The van der Waals surface area contributed by atoms with Crippen molar-refractivity contribution in [3.63, 3.8) is 0 Å². The van der Waals surface area contributed by atoms with E-state index in [0.29, 0.717) is 11.5 Å². The highest BCUT2D eigenvalue weighted by Crippen LogP contribution is 2.22. The average molecular weight is 377 g/mol. The van der Waals surface area contributed by atoms with Gasteiger partial charge >= 0.3 is 0 Å². The average Bonchev–Trinajstić information content (AvgIpc) is 2.28. The molecule has 0 aromatic heterocycles. The molecule has 1 N–H and O–H groups in total. The van der Waals surface area contributed by atoms with Crippen molar-refractivity contribution in [3.8, 4) is 0 Å². The van der Waals surface area contributed by atoms with Gasteiger partial charge in [0.25, 0.3) is 5.91 Å². The van der Waals surface area contributed by atoms with Crippen molar-refractivity contribution in [2.45, 2.75) is 39.7 Å². The van der Waals surface area contributed by atoms with Crippen molar-refractivity contribution in [2.24, 2.45) is 5.92 Å². The van der Waals surface area contributed by atoms with Crippen LogP contribution in [0.15, 0.2) is 27.1 Å². The number of halogens is 2. The summed E-state index contributed by atoms with van der Waals surface area (Å²) in [5.74, 6) is 0.610. The number of benzene rings is 1. The lowest BCUT2D eigenvalue weighted by Gasteiger charge is -2.18. The van der Waals surface area contributed by atoms with Gasteiger partial charge in [-0.15, -0.1) is 0 Å². The third-order valence-electron chi connectivity index (χ3n) is 3.01. The van der Waals surface area contributed by atoms with Gasteiger partial charge in [0, 0.05) is 15.0 Å². The van der Waals surface area contributed by atoms with Crippen LogP contribution in [0.4, 0.5) is 0 Å². The van der Waals surface area contributed by atoms with E-state index < -0.39 is 0 Å². The number of carbonyl (C=O) groups is 1. The zero-order valence-electron chi connectivity index (χ0n) is 11.0. The van der Waals surface area contributed by atoms with Gasteiger partial charge in [0.05, 0.1) is 5.56 Å². The second-order valence-electron chi connectivity index (χ2n) is 4.75. The molecule has 4 heteroatoms. The smallest absolute Gasteiger partial charge is 0.252 e. The molecule has 0 bridgehead atoms. The van der Waals surface area contributed by atoms with E-state index in [1.165, 1.54) is 0 Å². The highest BCUT2D eigenvalue weighted by Gasteiger charge is 2.14. The summed E-state index contributed by atoms with van der Waals surface area (Å²) < 4.78 is 1.77. The predicted octanol–water partition coefficient (Wildman–Crippen LogP) is 4.77. The van der Waals surface area contributed by atoms with Gasteiger partial charge in [-0.1, -0.05) is 36.2 Å². The Labute approximate surface area is 126 Å². The van der Waals surface area contributed by atoms with Crippen LogP contribution in [0.3, 0.4) is 0 Å². The Morgan fingerprint density at radius 2 is 2.00 bits per heavy atom. The fraction of sp³-hybridized carbons (Fsp3) is 0.500. The molecule has 2 nitrogen and oxygen atoms in total. The third kappa shape index (κ3) is 4.73. The molecule has 0 radical (unpaired) electrons. The Morgan fingerprint density at radius 3 is 2.56 bits per heavy atom. The van der Waals surface area contributed by atoms with Crippen LogP contribution in [-0.4, -0.2) is 11.9 Å². The SMILES string of the molecule is CCC(C)CC(C)NC(=O)c1ccc(Br)cc1Br. The van der Waals surface area contributed by atoms with Gasteiger partial charge in [0.15, 0.2) is 0 Å². The first kappa shape index (κ1) is 15.7. The van der Waals surface area contributed by atoms with Crippen LogP contribution in [-0.2, 0) is 0 Å². The Balaban J connectivity index is 2.65. The van der Waals surface area contributed by atoms with E-state index in [9.17, 15) is 4.79 Å². The molecule has 0 fully saturated rings. The van der Waals surface area contributed by atoms with Crippen LogP contribution in [0.25, 0.3) is 0 Å². The first-order valence-electron chi connectivity index (χ1n) is 6.20. The Kier molecular flexibility index (Phi) is 6.36. The largest absolute Gasteiger partial charge is 0.350 e. The van der Waals surface area contributed by atoms with Crippen LogP contribution < -0.4 is 5.32 Å². The molecule has 0 saturated carbocycles. The first-order chi connectivity index (χ1) is 8.43. The second kappa shape index (κ2) is 7.29. The fourth-order valence-corrected chi connectivity index (χ4v) is 3.03. The van der Waals surface area contributed by atoms with Crippen molar-refractivity contribution in [1.82, 2.24) is 5.32 Å². The van der Waals surface area contributed by atoms with Gasteiger partial charge in [-0.2, -0.15) is 0 Å². The van der Waals surface area contributed by atoms with Crippen molar-refractivity contribution in [2.75, 3.05) is 0 Å². The summed E-state index contributed by atoms with van der Waals surface area (Å²) >= 11 is 6.79. The molecule has 2 unspecified atom stereocenters. The summed E-state index contributed by atoms with van der Waals surface area (Å²) in [7, 11) is 0. The van der Waals surface area contributed by atoms with E-state index in [1.54, 1.807) is 0 Å². The monoisotopic (exact) mass is 375 g/mol. The summed E-state index contributed by atoms with van der Waals surface area (Å²) in [6.07, 6.45) is 2.15. The van der Waals surface area contributed by atoms with Crippen LogP contribution in [0.1, 0.15) is 44.0 Å². The second-order valence-corrected chi connectivity index (χ2v) is 6.52. The number of amides is 1. The molecule has 100 valence electrons. The minimum absolute atomic E-state index is 0.0230. The molecule has 1 rings (SSSR count). The maximum atomic E-state index is 12.1. The molecule has 1 amide bonds. The molecule has 0 aliphatic heterocycles. The molecule has 0 aliphatic carbocycles. The number of hydrogen-bond donors (Lipinski definition) is 1. The van der Waals surface area contributed by atoms with Gasteiger partial charge < -0.3 is 5.32 Å². The molecule has 1 aromatic carbocycles. The lowest BCUT2D eigenvalue weighted by Crippen LogP contribution is -2.33. The Morgan fingerprint density at radius 1 is 1.33 bits per heavy atom. The number of nitrogens with one attached hydrogen (secondary N) is 1. The van der Waals surface area contributed by atoms with Gasteiger partial charge in [-0.05, 0) is 53.4 Å². The van der Waals surface area contributed by atoms with Crippen LogP contribution in [0, 0.1) is 5.92 Å². The Hall–Kier alpha value is -0.350. The summed E-state index contributed by atoms with van der Waals surface area (Å²) in [6, 6.07) is 5.77. The lowest BCUT2D eigenvalue weighted by atomic mass is 10.0. The van der Waals surface area contributed by atoms with Crippen molar-refractivity contribution in [1.29, 1.82) is 0 Å². The summed E-state index contributed by atoms with van der Waals surface area (Å²) in [6.45, 7) is 6.43. The Bertz CT molecular complexity index is 420. The van der Waals surface area contributed by atoms with E-state index in [0.717, 1.165) is 21.8 Å². The maximum Gasteiger partial charge on any atom is 0.252 e. The van der Waals surface area contributed by atoms with Crippen LogP contribution >= 0.6 is 31.9 Å². The molecule has 1 aromatic rings. The van der Waals surface area contributed by atoms with Crippen molar-refractivity contribution >= 4 is 37.8 Å². The van der Waals surface area contributed by atoms with Crippen molar-refractivity contribution in [3.05, 3.63) is 32.7 Å². The number of carbonyl (C=O) groups excluding carboxylic acids is 1. The molecule has 18 heavy (non-hydrogen) atoms. The van der Waals surface area contributed by atoms with Gasteiger partial charge in [-0.25, -0.2) is 0 Å². The maximum absolute atomic E-state index is 12.1. The highest BCUT2D eigenvalue weighted by atomic mass is 79.9.